The zero-order valence-electron chi connectivity index (χ0n) is 11.0. The number of anilines is 2. The van der Waals surface area contributed by atoms with Gasteiger partial charge in [-0.05, 0) is 47.1 Å². The molecule has 108 valence electrons. The van der Waals surface area contributed by atoms with Gasteiger partial charge < -0.3 is 15.4 Å². The molecule has 2 heterocycles. The van der Waals surface area contributed by atoms with Crippen LogP contribution in [0.2, 0.25) is 0 Å². The zero-order valence-corrected chi connectivity index (χ0v) is 13.4. The van der Waals surface area contributed by atoms with Crippen molar-refractivity contribution in [1.29, 1.82) is 0 Å². The number of fused-ring (bicyclic) bond motifs is 1. The minimum absolute atomic E-state index is 0.201. The van der Waals surface area contributed by atoms with Gasteiger partial charge in [-0.2, -0.15) is 0 Å². The summed E-state index contributed by atoms with van der Waals surface area (Å²) in [5, 5.41) is 7.30. The van der Waals surface area contributed by atoms with Gasteiger partial charge in [0.2, 0.25) is 0 Å². The molecule has 1 aliphatic heterocycles. The third-order valence-electron chi connectivity index (χ3n) is 3.00. The molecule has 5 nitrogen and oxygen atoms in total. The molecule has 7 heteroatoms. The average Bonchev–Trinajstić information content (AvgIpc) is 2.87. The Morgan fingerprint density at radius 2 is 2.24 bits per heavy atom. The molecule has 0 saturated heterocycles. The van der Waals surface area contributed by atoms with E-state index in [1.54, 1.807) is 36.6 Å². The van der Waals surface area contributed by atoms with Crippen LogP contribution in [0.5, 0.6) is 5.75 Å². The van der Waals surface area contributed by atoms with Crippen molar-refractivity contribution in [3.05, 3.63) is 39.0 Å². The highest BCUT2D eigenvalue weighted by Gasteiger charge is 2.23. The lowest BCUT2D eigenvalue weighted by molar-refractivity contribution is -0.122. The van der Waals surface area contributed by atoms with Crippen molar-refractivity contribution in [1.82, 2.24) is 0 Å². The van der Waals surface area contributed by atoms with Gasteiger partial charge in [0.15, 0.2) is 6.10 Å². The Balaban J connectivity index is 1.80. The van der Waals surface area contributed by atoms with Gasteiger partial charge in [0.25, 0.3) is 11.8 Å². The molecule has 0 saturated carbocycles. The molecule has 3 rings (SSSR count). The first-order valence-electron chi connectivity index (χ1n) is 6.20. The minimum Gasteiger partial charge on any atom is -0.479 e. The minimum atomic E-state index is -0.513. The standard InChI is InChI=1S/C14H11BrN2O3S/c1-7-13(18)17-10-5-9(2-3-11(10)20-7)16-14(19)8-4-12(15)21-6-8/h2-7H,1H3,(H,16,19)(H,17,18). The Morgan fingerprint density at radius 3 is 2.95 bits per heavy atom. The Labute approximate surface area is 133 Å². The molecule has 2 N–H and O–H groups in total. The maximum atomic E-state index is 12.1. The van der Waals surface area contributed by atoms with E-state index in [4.69, 9.17) is 4.74 Å². The van der Waals surface area contributed by atoms with Crippen molar-refractivity contribution in [3.8, 4) is 5.75 Å². The number of halogens is 1. The van der Waals surface area contributed by atoms with Crippen molar-refractivity contribution in [2.45, 2.75) is 13.0 Å². The topological polar surface area (TPSA) is 67.4 Å². The molecule has 0 radical (unpaired) electrons. The number of hydrogen-bond acceptors (Lipinski definition) is 4. The smallest absolute Gasteiger partial charge is 0.265 e. The second-order valence-corrected chi connectivity index (χ2v) is 6.84. The van der Waals surface area contributed by atoms with Crippen LogP contribution in [0, 0.1) is 0 Å². The number of nitrogens with one attached hydrogen (secondary N) is 2. The van der Waals surface area contributed by atoms with Crippen LogP contribution >= 0.6 is 27.3 Å². The van der Waals surface area contributed by atoms with Gasteiger partial charge in [-0.25, -0.2) is 0 Å². The average molecular weight is 367 g/mol. The third kappa shape index (κ3) is 2.93. The second kappa shape index (κ2) is 5.50. The molecular formula is C14H11BrN2O3S. The summed E-state index contributed by atoms with van der Waals surface area (Å²) in [5.41, 5.74) is 1.74. The lowest BCUT2D eigenvalue weighted by atomic mass is 10.2. The summed E-state index contributed by atoms with van der Waals surface area (Å²) < 4.78 is 6.36. The van der Waals surface area contributed by atoms with E-state index in [9.17, 15) is 9.59 Å². The first-order valence-corrected chi connectivity index (χ1v) is 7.87. The van der Waals surface area contributed by atoms with Gasteiger partial charge >= 0.3 is 0 Å². The summed E-state index contributed by atoms with van der Waals surface area (Å²) in [6, 6.07) is 6.90. The fraction of sp³-hybridized carbons (Fsp3) is 0.143. The van der Waals surface area contributed by atoms with Gasteiger partial charge in [-0.15, -0.1) is 11.3 Å². The SMILES string of the molecule is CC1Oc2ccc(NC(=O)c3csc(Br)c3)cc2NC1=O. The van der Waals surface area contributed by atoms with Crippen molar-refractivity contribution >= 4 is 50.5 Å². The van der Waals surface area contributed by atoms with Crippen LogP contribution in [0.25, 0.3) is 0 Å². The molecule has 1 aromatic carbocycles. The van der Waals surface area contributed by atoms with E-state index in [0.29, 0.717) is 22.7 Å². The van der Waals surface area contributed by atoms with Gasteiger partial charge in [0, 0.05) is 11.1 Å². The highest BCUT2D eigenvalue weighted by Crippen LogP contribution is 2.32. The van der Waals surface area contributed by atoms with E-state index in [2.05, 4.69) is 26.6 Å². The largest absolute Gasteiger partial charge is 0.479 e. The quantitative estimate of drug-likeness (QED) is 0.854. The normalized spacial score (nSPS) is 16.7. The highest BCUT2D eigenvalue weighted by molar-refractivity contribution is 9.11. The number of carbonyl (C=O) groups is 2. The van der Waals surface area contributed by atoms with Crippen LogP contribution < -0.4 is 15.4 Å². The van der Waals surface area contributed by atoms with E-state index in [1.165, 1.54) is 11.3 Å². The monoisotopic (exact) mass is 366 g/mol. The fourth-order valence-corrected chi connectivity index (χ4v) is 3.06. The summed E-state index contributed by atoms with van der Waals surface area (Å²) in [6.45, 7) is 1.68. The van der Waals surface area contributed by atoms with Crippen molar-refractivity contribution in [3.63, 3.8) is 0 Å². The van der Waals surface area contributed by atoms with E-state index in [-0.39, 0.29) is 11.8 Å². The molecule has 1 atom stereocenters. The van der Waals surface area contributed by atoms with Crippen LogP contribution in [0.3, 0.4) is 0 Å². The fourth-order valence-electron chi connectivity index (χ4n) is 1.92. The van der Waals surface area contributed by atoms with E-state index < -0.39 is 6.10 Å². The number of thiophene rings is 1. The Kier molecular flexibility index (Phi) is 3.69. The van der Waals surface area contributed by atoms with Crippen LogP contribution in [-0.2, 0) is 4.79 Å². The van der Waals surface area contributed by atoms with Crippen LogP contribution in [0.15, 0.2) is 33.4 Å². The first kappa shape index (κ1) is 14.1. The molecule has 1 aromatic heterocycles. The second-order valence-electron chi connectivity index (χ2n) is 4.55. The van der Waals surface area contributed by atoms with Gasteiger partial charge in [-0.3, -0.25) is 9.59 Å². The molecule has 2 amide bonds. The Morgan fingerprint density at radius 1 is 1.43 bits per heavy atom. The summed E-state index contributed by atoms with van der Waals surface area (Å²) in [4.78, 5) is 23.7. The van der Waals surface area contributed by atoms with Crippen molar-refractivity contribution < 1.29 is 14.3 Å². The summed E-state index contributed by atoms with van der Waals surface area (Å²) >= 11 is 4.77. The summed E-state index contributed by atoms with van der Waals surface area (Å²) in [6.07, 6.45) is -0.513. The molecular weight excluding hydrogens is 356 g/mol. The molecule has 0 spiro atoms. The predicted octanol–water partition coefficient (Wildman–Crippen LogP) is 3.48. The Hall–Kier alpha value is -1.86. The molecule has 0 aliphatic carbocycles. The summed E-state index contributed by atoms with van der Waals surface area (Å²) in [5.74, 6) is 0.194. The number of carbonyl (C=O) groups excluding carboxylic acids is 2. The van der Waals surface area contributed by atoms with Crippen LogP contribution in [0.1, 0.15) is 17.3 Å². The number of benzene rings is 1. The number of hydrogen-bond donors (Lipinski definition) is 2. The summed E-state index contributed by atoms with van der Waals surface area (Å²) in [7, 11) is 0. The maximum Gasteiger partial charge on any atom is 0.265 e. The van der Waals surface area contributed by atoms with Crippen LogP contribution in [0.4, 0.5) is 11.4 Å². The maximum absolute atomic E-state index is 12.1. The molecule has 1 unspecified atom stereocenters. The van der Waals surface area contributed by atoms with Gasteiger partial charge in [-0.1, -0.05) is 0 Å². The van der Waals surface area contributed by atoms with Gasteiger partial charge in [0.05, 0.1) is 15.0 Å². The van der Waals surface area contributed by atoms with Crippen molar-refractivity contribution in [2.75, 3.05) is 10.6 Å². The molecule has 2 aromatic rings. The predicted molar refractivity (Wildman–Crippen MR) is 85.1 cm³/mol. The first-order chi connectivity index (χ1) is 10.0. The van der Waals surface area contributed by atoms with Crippen LogP contribution in [-0.4, -0.2) is 17.9 Å². The lowest BCUT2D eigenvalue weighted by Crippen LogP contribution is -2.34. The third-order valence-corrected chi connectivity index (χ3v) is 4.50. The Bertz CT molecular complexity index is 729. The molecule has 1 aliphatic rings. The number of amides is 2. The molecule has 0 bridgehead atoms. The highest BCUT2D eigenvalue weighted by atomic mass is 79.9. The lowest BCUT2D eigenvalue weighted by Gasteiger charge is -2.23. The van der Waals surface area contributed by atoms with E-state index in [1.807, 2.05) is 0 Å². The van der Waals surface area contributed by atoms with Gasteiger partial charge in [0.1, 0.15) is 5.75 Å². The number of rotatable bonds is 2. The van der Waals surface area contributed by atoms with E-state index in [0.717, 1.165) is 3.79 Å². The van der Waals surface area contributed by atoms with E-state index >= 15 is 0 Å². The molecule has 0 fully saturated rings. The van der Waals surface area contributed by atoms with Crippen molar-refractivity contribution in [2.24, 2.45) is 0 Å². The number of ether oxygens (including phenoxy) is 1. The zero-order chi connectivity index (χ0) is 15.0. The molecule has 21 heavy (non-hydrogen) atoms.